The fourth-order valence-electron chi connectivity index (χ4n) is 3.20. The van der Waals surface area contributed by atoms with Gasteiger partial charge in [-0.15, -0.1) is 0 Å². The Kier molecular flexibility index (Phi) is 7.14. The average molecular weight is 297 g/mol. The van der Waals surface area contributed by atoms with Crippen molar-refractivity contribution in [3.63, 3.8) is 0 Å². The monoisotopic (exact) mass is 297 g/mol. The third kappa shape index (κ3) is 4.43. The van der Waals surface area contributed by atoms with Crippen molar-refractivity contribution < 1.29 is 4.79 Å². The van der Waals surface area contributed by atoms with Crippen LogP contribution < -0.4 is 5.32 Å². The molecule has 21 heavy (non-hydrogen) atoms. The van der Waals surface area contributed by atoms with Crippen molar-refractivity contribution in [2.24, 2.45) is 11.8 Å². The van der Waals surface area contributed by atoms with Gasteiger partial charge in [0, 0.05) is 12.6 Å². The molecule has 1 heterocycles. The highest BCUT2D eigenvalue weighted by Crippen LogP contribution is 2.26. The van der Waals surface area contributed by atoms with E-state index in [2.05, 4.69) is 63.8 Å². The highest BCUT2D eigenvalue weighted by molar-refractivity contribution is 5.85. The molecular formula is C17H35N3O. The van der Waals surface area contributed by atoms with Crippen molar-refractivity contribution >= 4 is 5.91 Å². The molecular weight excluding hydrogens is 262 g/mol. The Hall–Kier alpha value is -0.610. The largest absolute Gasteiger partial charge is 0.321 e. The molecule has 0 radical (unpaired) electrons. The number of carbonyl (C=O) groups is 1. The summed E-state index contributed by atoms with van der Waals surface area (Å²) in [5, 5.41) is 3.61. The Morgan fingerprint density at radius 1 is 1.24 bits per heavy atom. The minimum absolute atomic E-state index is 0.00466. The lowest BCUT2D eigenvalue weighted by Gasteiger charge is -2.37. The van der Waals surface area contributed by atoms with Gasteiger partial charge in [0.05, 0.1) is 12.2 Å². The first-order valence-corrected chi connectivity index (χ1v) is 8.56. The minimum Gasteiger partial charge on any atom is -0.321 e. The molecule has 0 aromatic heterocycles. The summed E-state index contributed by atoms with van der Waals surface area (Å²) in [6.07, 6.45) is 3.38. The summed E-state index contributed by atoms with van der Waals surface area (Å²) in [7, 11) is 4.18. The molecule has 0 saturated carbocycles. The number of likely N-dealkylation sites (N-methyl/N-ethyl adjacent to an activating group) is 1. The van der Waals surface area contributed by atoms with Crippen LogP contribution in [0.2, 0.25) is 0 Å². The van der Waals surface area contributed by atoms with Gasteiger partial charge in [0.2, 0.25) is 5.91 Å². The summed E-state index contributed by atoms with van der Waals surface area (Å²) in [6.45, 7) is 11.9. The molecule has 0 aromatic rings. The Morgan fingerprint density at radius 2 is 1.86 bits per heavy atom. The number of amides is 1. The van der Waals surface area contributed by atoms with Crippen LogP contribution in [0.15, 0.2) is 0 Å². The Labute approximate surface area is 131 Å². The molecule has 4 unspecified atom stereocenters. The van der Waals surface area contributed by atoms with E-state index in [9.17, 15) is 4.79 Å². The van der Waals surface area contributed by atoms with Crippen LogP contribution in [-0.2, 0) is 4.79 Å². The van der Waals surface area contributed by atoms with Crippen molar-refractivity contribution in [3.8, 4) is 0 Å². The van der Waals surface area contributed by atoms with Gasteiger partial charge in [-0.2, -0.15) is 0 Å². The van der Waals surface area contributed by atoms with Gasteiger partial charge in [0.25, 0.3) is 0 Å². The summed E-state index contributed by atoms with van der Waals surface area (Å²) in [6, 6.07) is 0.278. The number of carbonyl (C=O) groups excluding carboxylic acids is 1. The van der Waals surface area contributed by atoms with E-state index in [1.165, 1.54) is 0 Å². The zero-order chi connectivity index (χ0) is 16.2. The van der Waals surface area contributed by atoms with E-state index in [-0.39, 0.29) is 18.2 Å². The van der Waals surface area contributed by atoms with Crippen LogP contribution in [-0.4, -0.2) is 54.6 Å². The molecule has 0 aromatic carbocycles. The second kappa shape index (κ2) is 8.14. The van der Waals surface area contributed by atoms with E-state index in [1.54, 1.807) is 0 Å². The highest BCUT2D eigenvalue weighted by Gasteiger charge is 2.44. The first-order valence-electron chi connectivity index (χ1n) is 8.56. The second-order valence-corrected chi connectivity index (χ2v) is 7.15. The average Bonchev–Trinajstić information content (AvgIpc) is 2.72. The van der Waals surface area contributed by atoms with E-state index < -0.39 is 0 Å². The molecule has 124 valence electrons. The smallest absolute Gasteiger partial charge is 0.241 e. The van der Waals surface area contributed by atoms with E-state index >= 15 is 0 Å². The van der Waals surface area contributed by atoms with Crippen LogP contribution in [0.3, 0.4) is 0 Å². The molecule has 0 bridgehead atoms. The third-order valence-corrected chi connectivity index (χ3v) is 4.68. The van der Waals surface area contributed by atoms with Crippen molar-refractivity contribution in [3.05, 3.63) is 0 Å². The molecule has 4 nitrogen and oxygen atoms in total. The van der Waals surface area contributed by atoms with Crippen molar-refractivity contribution in [2.75, 3.05) is 20.6 Å². The summed E-state index contributed by atoms with van der Waals surface area (Å²) in [5.74, 6) is 1.17. The van der Waals surface area contributed by atoms with Crippen LogP contribution in [0.25, 0.3) is 0 Å². The fourth-order valence-corrected chi connectivity index (χ4v) is 3.20. The highest BCUT2D eigenvalue weighted by atomic mass is 16.2. The van der Waals surface area contributed by atoms with Gasteiger partial charge in [-0.1, -0.05) is 47.5 Å². The van der Waals surface area contributed by atoms with Crippen LogP contribution in [0.1, 0.15) is 53.9 Å². The Bertz CT molecular complexity index is 330. The van der Waals surface area contributed by atoms with Gasteiger partial charge in [0.15, 0.2) is 0 Å². The van der Waals surface area contributed by atoms with Crippen LogP contribution in [0.4, 0.5) is 0 Å². The first kappa shape index (κ1) is 18.4. The lowest BCUT2D eigenvalue weighted by Crippen LogP contribution is -2.51. The zero-order valence-electron chi connectivity index (χ0n) is 15.0. The maximum atomic E-state index is 13.0. The summed E-state index contributed by atoms with van der Waals surface area (Å²) >= 11 is 0. The van der Waals surface area contributed by atoms with E-state index in [0.717, 1.165) is 25.8 Å². The lowest BCUT2D eigenvalue weighted by molar-refractivity contribution is -0.134. The number of hydrogen-bond donors (Lipinski definition) is 1. The Morgan fingerprint density at radius 3 is 2.29 bits per heavy atom. The molecule has 1 fully saturated rings. The molecule has 1 amide bonds. The molecule has 1 N–H and O–H groups in total. The van der Waals surface area contributed by atoms with E-state index in [0.29, 0.717) is 17.7 Å². The van der Waals surface area contributed by atoms with Crippen LogP contribution in [0, 0.1) is 11.8 Å². The molecule has 1 rings (SSSR count). The van der Waals surface area contributed by atoms with Gasteiger partial charge < -0.3 is 9.80 Å². The number of hydrogen-bond acceptors (Lipinski definition) is 3. The van der Waals surface area contributed by atoms with E-state index in [1.807, 2.05) is 0 Å². The molecule has 1 aliphatic heterocycles. The molecule has 4 atom stereocenters. The van der Waals surface area contributed by atoms with Crippen molar-refractivity contribution in [1.29, 1.82) is 0 Å². The van der Waals surface area contributed by atoms with Gasteiger partial charge >= 0.3 is 0 Å². The topological polar surface area (TPSA) is 35.6 Å². The molecule has 0 aliphatic carbocycles. The summed E-state index contributed by atoms with van der Waals surface area (Å²) in [4.78, 5) is 17.3. The van der Waals surface area contributed by atoms with Crippen molar-refractivity contribution in [1.82, 2.24) is 15.1 Å². The van der Waals surface area contributed by atoms with Crippen LogP contribution in [0.5, 0.6) is 0 Å². The quantitative estimate of drug-likeness (QED) is 0.748. The van der Waals surface area contributed by atoms with E-state index in [4.69, 9.17) is 0 Å². The van der Waals surface area contributed by atoms with Gasteiger partial charge in [-0.05, 0) is 32.4 Å². The zero-order valence-corrected chi connectivity index (χ0v) is 15.0. The fraction of sp³-hybridized carbons (Fsp3) is 0.941. The maximum absolute atomic E-state index is 13.0. The molecule has 1 saturated heterocycles. The predicted octanol–water partition coefficient (Wildman–Crippen LogP) is 2.55. The lowest BCUT2D eigenvalue weighted by atomic mass is 9.97. The normalized spacial score (nSPS) is 26.0. The number of nitrogens with one attached hydrogen (secondary N) is 1. The summed E-state index contributed by atoms with van der Waals surface area (Å²) < 4.78 is 0. The van der Waals surface area contributed by atoms with Gasteiger partial charge in [0.1, 0.15) is 0 Å². The molecule has 1 aliphatic rings. The van der Waals surface area contributed by atoms with Crippen LogP contribution >= 0.6 is 0 Å². The minimum atomic E-state index is -0.00466. The first-order chi connectivity index (χ1) is 9.83. The number of rotatable bonds is 8. The maximum Gasteiger partial charge on any atom is 0.241 e. The van der Waals surface area contributed by atoms with Crippen molar-refractivity contribution in [2.45, 2.75) is 72.1 Å². The number of nitrogens with zero attached hydrogens (tertiary/aromatic N) is 2. The summed E-state index contributed by atoms with van der Waals surface area (Å²) in [5.41, 5.74) is 0. The predicted molar refractivity (Wildman–Crippen MR) is 89.1 cm³/mol. The van der Waals surface area contributed by atoms with Gasteiger partial charge in [-0.25, -0.2) is 0 Å². The van der Waals surface area contributed by atoms with Gasteiger partial charge in [-0.3, -0.25) is 10.1 Å². The standard InChI is InChI=1S/C17H35N3O/c1-8-10-15-18-16(13(5)9-2)17(21)20(15)14(12(3)4)11-19(6)7/h12-16,18H,8-11H2,1-7H3. The second-order valence-electron chi connectivity index (χ2n) is 7.15. The third-order valence-electron chi connectivity index (χ3n) is 4.68. The SMILES string of the molecule is CCCC1NC(C(C)CC)C(=O)N1C(CN(C)C)C(C)C. The Balaban J connectivity index is 2.99. The molecule has 4 heteroatoms. The molecule has 0 spiro atoms.